The summed E-state index contributed by atoms with van der Waals surface area (Å²) in [6.07, 6.45) is 1.22. The second-order valence-electron chi connectivity index (χ2n) is 8.18. The molecule has 0 radical (unpaired) electrons. The molecule has 196 valence electrons. The number of fused-ring (bicyclic) bond motifs is 2. The number of furan rings is 1. The highest BCUT2D eigenvalue weighted by Gasteiger charge is 2.18. The zero-order chi connectivity index (χ0) is 27.5. The molecule has 0 fully saturated rings. The summed E-state index contributed by atoms with van der Waals surface area (Å²) in [4.78, 5) is 40.7. The van der Waals surface area contributed by atoms with Gasteiger partial charge in [0.1, 0.15) is 11.3 Å². The van der Waals surface area contributed by atoms with Crippen LogP contribution in [0, 0.1) is 10.1 Å². The normalized spacial score (nSPS) is 11.3. The van der Waals surface area contributed by atoms with Gasteiger partial charge in [-0.15, -0.1) is 0 Å². The van der Waals surface area contributed by atoms with E-state index in [0.717, 1.165) is 4.68 Å². The number of halogens is 1. The number of benzene rings is 3. The number of hydrogen-bond donors (Lipinski definition) is 0. The quantitative estimate of drug-likeness (QED) is 0.112. The lowest BCUT2D eigenvalue weighted by Crippen LogP contribution is -2.20. The summed E-state index contributed by atoms with van der Waals surface area (Å²) in [5.74, 6) is -0.133. The van der Waals surface area contributed by atoms with E-state index in [2.05, 4.69) is 10.1 Å². The monoisotopic (exact) mass is 546 g/mol. The molecule has 0 aliphatic heterocycles. The first-order chi connectivity index (χ1) is 18.8. The van der Waals surface area contributed by atoms with Gasteiger partial charge >= 0.3 is 5.97 Å². The molecule has 2 heterocycles. The molecule has 0 saturated carbocycles. The number of nitro benzene ring substituents is 1. The van der Waals surface area contributed by atoms with E-state index in [4.69, 9.17) is 25.5 Å². The third kappa shape index (κ3) is 5.34. The average molecular weight is 547 g/mol. The van der Waals surface area contributed by atoms with E-state index in [1.54, 1.807) is 55.5 Å². The predicted octanol–water partition coefficient (Wildman–Crippen LogP) is 5.20. The molecule has 0 N–H and O–H groups in total. The molecule has 0 aliphatic carbocycles. The van der Waals surface area contributed by atoms with Crippen LogP contribution in [-0.2, 0) is 9.53 Å². The van der Waals surface area contributed by atoms with E-state index in [-0.39, 0.29) is 35.2 Å². The number of carbonyl (C=O) groups excluding carboxylic acids is 1. The number of nitro groups is 1. The first kappa shape index (κ1) is 25.6. The Morgan fingerprint density at radius 1 is 1.18 bits per heavy atom. The van der Waals surface area contributed by atoms with Gasteiger partial charge in [0, 0.05) is 28.1 Å². The van der Waals surface area contributed by atoms with Gasteiger partial charge in [-0.1, -0.05) is 23.7 Å². The Kier molecular flexibility index (Phi) is 7.06. The van der Waals surface area contributed by atoms with Crippen molar-refractivity contribution in [1.29, 1.82) is 0 Å². The van der Waals surface area contributed by atoms with Crippen molar-refractivity contribution in [3.05, 3.63) is 97.8 Å². The largest absolute Gasteiger partial charge is 0.481 e. The van der Waals surface area contributed by atoms with Crippen molar-refractivity contribution in [3.63, 3.8) is 0 Å². The Bertz CT molecular complexity index is 1830. The standard InChI is InChI=1S/C27H19ClN4O7/c1-2-37-25(33)15-38-22-10-8-19(32(35)36)12-17(22)14-29-31-26(30-21-6-4-3-5-20(21)27(31)34)24-13-16-11-18(28)7-9-23(16)39-24/h3-14H,2,15H2,1H3. The fraction of sp³-hybridized carbons (Fsp3) is 0.111. The summed E-state index contributed by atoms with van der Waals surface area (Å²) in [5, 5.41) is 17.2. The van der Waals surface area contributed by atoms with Gasteiger partial charge in [0.2, 0.25) is 5.82 Å². The zero-order valence-electron chi connectivity index (χ0n) is 20.4. The first-order valence-corrected chi connectivity index (χ1v) is 12.0. The number of para-hydroxylation sites is 1. The maximum Gasteiger partial charge on any atom is 0.344 e. The smallest absolute Gasteiger partial charge is 0.344 e. The van der Waals surface area contributed by atoms with E-state index in [1.807, 2.05) is 0 Å². The third-order valence-electron chi connectivity index (χ3n) is 5.62. The van der Waals surface area contributed by atoms with Crippen LogP contribution in [0.15, 0.2) is 81.0 Å². The number of hydrogen-bond acceptors (Lipinski definition) is 9. The summed E-state index contributed by atoms with van der Waals surface area (Å²) in [6.45, 7) is 1.41. The molecule has 2 aromatic heterocycles. The average Bonchev–Trinajstić information content (AvgIpc) is 3.34. The molecule has 0 atom stereocenters. The van der Waals surface area contributed by atoms with E-state index in [0.29, 0.717) is 26.9 Å². The van der Waals surface area contributed by atoms with Gasteiger partial charge < -0.3 is 13.9 Å². The summed E-state index contributed by atoms with van der Waals surface area (Å²) >= 11 is 6.11. The molecular formula is C27H19ClN4O7. The molecule has 0 spiro atoms. The number of non-ortho nitro benzene ring substituents is 1. The Morgan fingerprint density at radius 2 is 2.00 bits per heavy atom. The lowest BCUT2D eigenvalue weighted by molar-refractivity contribution is -0.384. The number of aromatic nitrogens is 2. The SMILES string of the molecule is CCOC(=O)COc1ccc([N+](=O)[O-])cc1C=Nn1c(-c2cc3cc(Cl)ccc3o2)nc2ccccc2c1=O. The van der Waals surface area contributed by atoms with E-state index in [9.17, 15) is 19.7 Å². The molecule has 3 aromatic carbocycles. The molecule has 11 nitrogen and oxygen atoms in total. The molecule has 5 rings (SSSR count). The van der Waals surface area contributed by atoms with E-state index >= 15 is 0 Å². The fourth-order valence-electron chi connectivity index (χ4n) is 3.86. The second kappa shape index (κ2) is 10.8. The Labute approximate surface area is 225 Å². The van der Waals surface area contributed by atoms with E-state index in [1.165, 1.54) is 24.4 Å². The molecule has 0 amide bonds. The van der Waals surface area contributed by atoms with Gasteiger partial charge in [-0.05, 0) is 49.4 Å². The molecule has 5 aromatic rings. The Hall–Kier alpha value is -5.03. The fourth-order valence-corrected chi connectivity index (χ4v) is 4.04. The van der Waals surface area contributed by atoms with Crippen LogP contribution in [0.3, 0.4) is 0 Å². The van der Waals surface area contributed by atoms with Crippen LogP contribution in [0.1, 0.15) is 12.5 Å². The van der Waals surface area contributed by atoms with Gasteiger partial charge in [0.05, 0.1) is 28.6 Å². The van der Waals surface area contributed by atoms with Crippen molar-refractivity contribution < 1.29 is 23.6 Å². The maximum absolute atomic E-state index is 13.5. The molecule has 0 bridgehead atoms. The number of carbonyl (C=O) groups is 1. The van der Waals surface area contributed by atoms with Crippen LogP contribution < -0.4 is 10.3 Å². The van der Waals surface area contributed by atoms with Crippen LogP contribution in [0.4, 0.5) is 5.69 Å². The van der Waals surface area contributed by atoms with Crippen LogP contribution in [0.25, 0.3) is 33.5 Å². The van der Waals surface area contributed by atoms with Crippen LogP contribution in [0.2, 0.25) is 5.02 Å². The van der Waals surface area contributed by atoms with Gasteiger partial charge in [0.15, 0.2) is 12.4 Å². The van der Waals surface area contributed by atoms with Crippen LogP contribution in [-0.4, -0.2) is 40.0 Å². The van der Waals surface area contributed by atoms with Crippen molar-refractivity contribution in [2.75, 3.05) is 13.2 Å². The highest BCUT2D eigenvalue weighted by molar-refractivity contribution is 6.31. The highest BCUT2D eigenvalue weighted by Crippen LogP contribution is 2.29. The van der Waals surface area contributed by atoms with E-state index < -0.39 is 23.1 Å². The van der Waals surface area contributed by atoms with Crippen molar-refractivity contribution in [2.45, 2.75) is 6.92 Å². The summed E-state index contributed by atoms with van der Waals surface area (Å²) < 4.78 is 17.4. The van der Waals surface area contributed by atoms with Crippen molar-refractivity contribution in [1.82, 2.24) is 9.66 Å². The number of ether oxygens (including phenoxy) is 2. The summed E-state index contributed by atoms with van der Waals surface area (Å²) in [6, 6.07) is 17.3. The lowest BCUT2D eigenvalue weighted by atomic mass is 10.2. The van der Waals surface area contributed by atoms with Crippen molar-refractivity contribution in [2.24, 2.45) is 5.10 Å². The lowest BCUT2D eigenvalue weighted by Gasteiger charge is -2.10. The Balaban J connectivity index is 1.64. The van der Waals surface area contributed by atoms with Gasteiger partial charge in [-0.2, -0.15) is 9.78 Å². The third-order valence-corrected chi connectivity index (χ3v) is 5.85. The number of nitrogens with zero attached hydrogens (tertiary/aromatic N) is 4. The van der Waals surface area contributed by atoms with Crippen molar-refractivity contribution >= 4 is 51.3 Å². The summed E-state index contributed by atoms with van der Waals surface area (Å²) in [5.41, 5.74) is 0.371. The van der Waals surface area contributed by atoms with Gasteiger partial charge in [-0.25, -0.2) is 9.78 Å². The minimum atomic E-state index is -0.610. The molecular weight excluding hydrogens is 528 g/mol. The topological polar surface area (TPSA) is 139 Å². The second-order valence-corrected chi connectivity index (χ2v) is 8.62. The molecule has 39 heavy (non-hydrogen) atoms. The molecule has 0 unspecified atom stereocenters. The molecule has 0 saturated heterocycles. The van der Waals surface area contributed by atoms with Crippen LogP contribution in [0.5, 0.6) is 5.75 Å². The van der Waals surface area contributed by atoms with Gasteiger partial charge in [0.25, 0.3) is 11.2 Å². The molecule has 0 aliphatic rings. The van der Waals surface area contributed by atoms with Crippen molar-refractivity contribution in [3.8, 4) is 17.3 Å². The first-order valence-electron chi connectivity index (χ1n) is 11.7. The van der Waals surface area contributed by atoms with Crippen LogP contribution >= 0.6 is 11.6 Å². The highest BCUT2D eigenvalue weighted by atomic mass is 35.5. The predicted molar refractivity (Wildman–Crippen MR) is 144 cm³/mol. The number of esters is 1. The summed E-state index contributed by atoms with van der Waals surface area (Å²) in [7, 11) is 0. The van der Waals surface area contributed by atoms with Gasteiger partial charge in [-0.3, -0.25) is 14.9 Å². The minimum absolute atomic E-state index is 0.0988. The molecule has 12 heteroatoms. The zero-order valence-corrected chi connectivity index (χ0v) is 21.1. The Morgan fingerprint density at radius 3 is 2.79 bits per heavy atom. The number of rotatable bonds is 8. The minimum Gasteiger partial charge on any atom is -0.481 e. The maximum atomic E-state index is 13.5.